The fraction of sp³-hybridized carbons (Fsp3) is 0.333. The first-order valence-electron chi connectivity index (χ1n) is 9.36. The molecule has 1 heterocycles. The van der Waals surface area contributed by atoms with Crippen molar-refractivity contribution >= 4 is 29.2 Å². The quantitative estimate of drug-likeness (QED) is 0.411. The van der Waals surface area contributed by atoms with Crippen molar-refractivity contribution in [2.75, 3.05) is 38.3 Å². The maximum Gasteiger partial charge on any atom is 0.271 e. The van der Waals surface area contributed by atoms with Gasteiger partial charge in [-0.2, -0.15) is 0 Å². The molecular weight excluding hydrogens is 392 g/mol. The van der Waals surface area contributed by atoms with Gasteiger partial charge in [-0.15, -0.1) is 0 Å². The maximum atomic E-state index is 13.1. The third-order valence-corrected chi connectivity index (χ3v) is 5.14. The van der Waals surface area contributed by atoms with Gasteiger partial charge in [0.05, 0.1) is 19.8 Å². The van der Waals surface area contributed by atoms with E-state index in [4.69, 9.17) is 32.4 Å². The number of benzene rings is 2. The topological polar surface area (TPSA) is 91.9 Å². The highest BCUT2D eigenvalue weighted by molar-refractivity contribution is 6.21. The second-order valence-electron chi connectivity index (χ2n) is 6.74. The van der Waals surface area contributed by atoms with Crippen LogP contribution in [0.2, 0.25) is 0 Å². The van der Waals surface area contributed by atoms with Gasteiger partial charge in [0, 0.05) is 48.8 Å². The Morgan fingerprint density at radius 1 is 1.24 bits per heavy atom. The summed E-state index contributed by atoms with van der Waals surface area (Å²) < 4.78 is 12.1. The van der Waals surface area contributed by atoms with Crippen LogP contribution in [0.1, 0.15) is 22.8 Å². The molecule has 1 amide bonds. The Bertz CT molecular complexity index is 853. The van der Waals surface area contributed by atoms with Gasteiger partial charge in [-0.25, -0.2) is 4.42 Å². The lowest BCUT2D eigenvalue weighted by Crippen LogP contribution is -2.38. The molecule has 1 fully saturated rings. The van der Waals surface area contributed by atoms with E-state index >= 15 is 0 Å². The zero-order valence-corrected chi connectivity index (χ0v) is 17.1. The van der Waals surface area contributed by atoms with E-state index in [9.17, 15) is 4.79 Å². The Kier molecular flexibility index (Phi) is 7.09. The van der Waals surface area contributed by atoms with E-state index in [0.29, 0.717) is 18.8 Å². The van der Waals surface area contributed by atoms with Gasteiger partial charge < -0.3 is 20.1 Å². The first-order valence-corrected chi connectivity index (χ1v) is 9.70. The van der Waals surface area contributed by atoms with Crippen LogP contribution in [-0.2, 0) is 20.8 Å². The number of amides is 1. The van der Waals surface area contributed by atoms with Crippen LogP contribution >= 0.6 is 11.8 Å². The van der Waals surface area contributed by atoms with Crippen molar-refractivity contribution in [2.45, 2.75) is 12.6 Å². The third kappa shape index (κ3) is 5.06. The number of morpholine rings is 1. The Balaban J connectivity index is 1.77. The summed E-state index contributed by atoms with van der Waals surface area (Å²) in [6, 6.07) is 14.8. The molecule has 0 spiro atoms. The van der Waals surface area contributed by atoms with Crippen LogP contribution in [0.15, 0.2) is 48.5 Å². The number of anilines is 1. The number of methoxy groups -OCH3 is 1. The summed E-state index contributed by atoms with van der Waals surface area (Å²) in [6.07, 6.45) is -0.817. The van der Waals surface area contributed by atoms with E-state index in [2.05, 4.69) is 4.90 Å². The minimum absolute atomic E-state index is 0.00507. The van der Waals surface area contributed by atoms with Crippen LogP contribution in [0.4, 0.5) is 5.69 Å². The van der Waals surface area contributed by atoms with Crippen molar-refractivity contribution in [2.24, 2.45) is 5.73 Å². The molecule has 0 bridgehead atoms. The monoisotopic (exact) mass is 416 g/mol. The number of amidine groups is 1. The summed E-state index contributed by atoms with van der Waals surface area (Å²) in [5.74, 6) is -0.347. The van der Waals surface area contributed by atoms with Crippen molar-refractivity contribution < 1.29 is 14.3 Å². The first kappa shape index (κ1) is 21.1. The van der Waals surface area contributed by atoms with Crippen molar-refractivity contribution in [1.29, 1.82) is 5.41 Å². The standard InChI is InChI=1S/C21H25ClN4O3/c1-28-19(17-4-2-3-5-18(17)25-10-12-29-13-11-25)21(27)26(22)14-15-6-8-16(9-7-15)20(23)24/h2-9,19H,10-14H2,1H3,(H3,23,24). The number of nitrogens with one attached hydrogen (secondary N) is 1. The van der Waals surface area contributed by atoms with Gasteiger partial charge in [0.15, 0.2) is 6.10 Å². The minimum Gasteiger partial charge on any atom is -0.384 e. The van der Waals surface area contributed by atoms with E-state index < -0.39 is 6.10 Å². The lowest BCUT2D eigenvalue weighted by atomic mass is 10.0. The zero-order chi connectivity index (χ0) is 20.8. The number of halogens is 1. The summed E-state index contributed by atoms with van der Waals surface area (Å²) in [4.78, 5) is 15.3. The van der Waals surface area contributed by atoms with Crippen LogP contribution in [0.3, 0.4) is 0 Å². The lowest BCUT2D eigenvalue weighted by molar-refractivity contribution is -0.137. The molecule has 1 atom stereocenters. The number of carbonyl (C=O) groups excluding carboxylic acids is 1. The largest absolute Gasteiger partial charge is 0.384 e. The number of para-hydroxylation sites is 1. The molecule has 0 saturated carbocycles. The summed E-state index contributed by atoms with van der Waals surface area (Å²) in [7, 11) is 1.51. The Hall–Kier alpha value is -2.61. The van der Waals surface area contributed by atoms with E-state index in [-0.39, 0.29) is 18.3 Å². The highest BCUT2D eigenvalue weighted by Gasteiger charge is 2.29. The van der Waals surface area contributed by atoms with Crippen molar-refractivity contribution in [3.05, 3.63) is 65.2 Å². The van der Waals surface area contributed by atoms with Crippen molar-refractivity contribution in [3.63, 3.8) is 0 Å². The molecule has 0 radical (unpaired) electrons. The lowest BCUT2D eigenvalue weighted by Gasteiger charge is -2.32. The molecule has 3 rings (SSSR count). The molecule has 29 heavy (non-hydrogen) atoms. The summed E-state index contributed by atoms with van der Waals surface area (Å²) in [6.45, 7) is 3.03. The molecule has 3 N–H and O–H groups in total. The van der Waals surface area contributed by atoms with Gasteiger partial charge in [-0.3, -0.25) is 10.2 Å². The molecule has 8 heteroatoms. The number of nitrogens with two attached hydrogens (primary N) is 1. The third-order valence-electron chi connectivity index (χ3n) is 4.86. The maximum absolute atomic E-state index is 13.1. The molecule has 1 unspecified atom stereocenters. The molecule has 1 aliphatic heterocycles. The smallest absolute Gasteiger partial charge is 0.271 e. The first-order chi connectivity index (χ1) is 14.0. The van der Waals surface area contributed by atoms with Crippen LogP contribution in [0.5, 0.6) is 0 Å². The molecule has 0 aliphatic carbocycles. The fourth-order valence-electron chi connectivity index (χ4n) is 3.32. The number of hydrogen-bond donors (Lipinski definition) is 2. The van der Waals surface area contributed by atoms with Crippen LogP contribution in [0, 0.1) is 5.41 Å². The van der Waals surface area contributed by atoms with E-state index in [0.717, 1.165) is 34.3 Å². The van der Waals surface area contributed by atoms with Crippen LogP contribution in [-0.4, -0.2) is 49.6 Å². The SMILES string of the molecule is COC(C(=O)N(Cl)Cc1ccc(C(=N)N)cc1)c1ccccc1N1CCOCC1. The number of rotatable bonds is 7. The van der Waals surface area contributed by atoms with E-state index in [1.807, 2.05) is 24.3 Å². The van der Waals surface area contributed by atoms with Gasteiger partial charge in [-0.05, 0) is 11.6 Å². The van der Waals surface area contributed by atoms with Gasteiger partial charge in [0.2, 0.25) is 0 Å². The summed E-state index contributed by atoms with van der Waals surface area (Å²) >= 11 is 6.33. The Morgan fingerprint density at radius 3 is 2.52 bits per heavy atom. The minimum atomic E-state index is -0.817. The average molecular weight is 417 g/mol. The molecule has 0 aromatic heterocycles. The predicted molar refractivity (Wildman–Crippen MR) is 113 cm³/mol. The van der Waals surface area contributed by atoms with Crippen LogP contribution in [0.25, 0.3) is 0 Å². The zero-order valence-electron chi connectivity index (χ0n) is 16.3. The molecule has 2 aromatic rings. The van der Waals surface area contributed by atoms with Gasteiger partial charge in [0.1, 0.15) is 5.84 Å². The number of hydrogen-bond acceptors (Lipinski definition) is 5. The van der Waals surface area contributed by atoms with Crippen molar-refractivity contribution in [3.8, 4) is 0 Å². The highest BCUT2D eigenvalue weighted by atomic mass is 35.5. The van der Waals surface area contributed by atoms with Gasteiger partial charge in [-0.1, -0.05) is 42.5 Å². The molecule has 154 valence electrons. The number of nitrogen functional groups attached to an aromatic ring is 1. The van der Waals surface area contributed by atoms with Gasteiger partial charge in [0.25, 0.3) is 5.91 Å². The Labute approximate surface area is 175 Å². The Morgan fingerprint density at radius 2 is 1.90 bits per heavy atom. The van der Waals surface area contributed by atoms with Gasteiger partial charge >= 0.3 is 0 Å². The summed E-state index contributed by atoms with van der Waals surface area (Å²) in [5.41, 5.74) is 8.65. The van der Waals surface area contributed by atoms with E-state index in [1.54, 1.807) is 24.3 Å². The molecule has 1 aliphatic rings. The average Bonchev–Trinajstić information content (AvgIpc) is 2.75. The predicted octanol–water partition coefficient (Wildman–Crippen LogP) is 2.68. The molecular formula is C21H25ClN4O3. The van der Waals surface area contributed by atoms with E-state index in [1.165, 1.54) is 7.11 Å². The van der Waals surface area contributed by atoms with Crippen LogP contribution < -0.4 is 10.6 Å². The second kappa shape index (κ2) is 9.73. The normalized spacial score (nSPS) is 15.0. The summed E-state index contributed by atoms with van der Waals surface area (Å²) in [5, 5.41) is 7.46. The fourth-order valence-corrected chi connectivity index (χ4v) is 3.54. The second-order valence-corrected chi connectivity index (χ2v) is 7.15. The number of carbonyl (C=O) groups is 1. The number of nitrogens with zero attached hydrogens (tertiary/aromatic N) is 2. The number of ether oxygens (including phenoxy) is 2. The molecule has 7 nitrogen and oxygen atoms in total. The molecule has 2 aromatic carbocycles. The highest BCUT2D eigenvalue weighted by Crippen LogP contribution is 2.31. The molecule has 1 saturated heterocycles. The van der Waals surface area contributed by atoms with Crippen molar-refractivity contribution in [1.82, 2.24) is 4.42 Å².